The Bertz CT molecular complexity index is 685. The van der Waals surface area contributed by atoms with Crippen molar-refractivity contribution in [3.63, 3.8) is 0 Å². The lowest BCUT2D eigenvalue weighted by Gasteiger charge is -2.20. The van der Waals surface area contributed by atoms with E-state index in [0.29, 0.717) is 12.3 Å². The normalized spacial score (nSPS) is 16.4. The highest BCUT2D eigenvalue weighted by Gasteiger charge is 2.23. The van der Waals surface area contributed by atoms with Gasteiger partial charge in [-0.1, -0.05) is 18.2 Å². The van der Waals surface area contributed by atoms with Crippen molar-refractivity contribution in [3.8, 4) is 11.5 Å². The van der Waals surface area contributed by atoms with Crippen molar-refractivity contribution in [2.24, 2.45) is 0 Å². The SMILES string of the molecule is COc1coc(CN(C)C[C@H]2Cc3ccccc3O2)cc1=O. The summed E-state index contributed by atoms with van der Waals surface area (Å²) in [6.45, 7) is 1.32. The van der Waals surface area contributed by atoms with Gasteiger partial charge in [0.1, 0.15) is 23.9 Å². The molecule has 0 radical (unpaired) electrons. The molecule has 116 valence electrons. The molecule has 0 aliphatic carbocycles. The Kier molecular flexibility index (Phi) is 4.15. The highest BCUT2D eigenvalue weighted by atomic mass is 16.5. The second-order valence-corrected chi connectivity index (χ2v) is 5.53. The van der Waals surface area contributed by atoms with Gasteiger partial charge in [0.2, 0.25) is 11.2 Å². The summed E-state index contributed by atoms with van der Waals surface area (Å²) >= 11 is 0. The number of ether oxygens (including phenoxy) is 2. The van der Waals surface area contributed by atoms with Gasteiger partial charge in [-0.15, -0.1) is 0 Å². The molecule has 3 rings (SSSR count). The summed E-state index contributed by atoms with van der Waals surface area (Å²) in [4.78, 5) is 13.8. The first-order valence-electron chi connectivity index (χ1n) is 7.24. The minimum atomic E-state index is -0.165. The standard InChI is InChI=1S/C17H19NO4/c1-18(9-13-8-15(19)17(20-2)11-21-13)10-14-7-12-5-3-4-6-16(12)22-14/h3-6,8,11,14H,7,9-10H2,1-2H3/t14-/m1/s1. The van der Waals surface area contributed by atoms with Crippen LogP contribution in [0.25, 0.3) is 0 Å². The summed E-state index contributed by atoms with van der Waals surface area (Å²) in [6, 6.07) is 9.58. The van der Waals surface area contributed by atoms with E-state index in [4.69, 9.17) is 13.9 Å². The number of benzene rings is 1. The van der Waals surface area contributed by atoms with Crippen molar-refractivity contribution in [2.75, 3.05) is 20.7 Å². The largest absolute Gasteiger partial charge is 0.490 e. The molecule has 0 amide bonds. The van der Waals surface area contributed by atoms with Crippen LogP contribution in [0.5, 0.6) is 11.5 Å². The topological polar surface area (TPSA) is 51.9 Å². The summed E-state index contributed by atoms with van der Waals surface area (Å²) in [5.74, 6) is 1.81. The summed E-state index contributed by atoms with van der Waals surface area (Å²) in [7, 11) is 3.43. The molecule has 22 heavy (non-hydrogen) atoms. The Morgan fingerprint density at radius 3 is 2.91 bits per heavy atom. The van der Waals surface area contributed by atoms with Gasteiger partial charge >= 0.3 is 0 Å². The van der Waals surface area contributed by atoms with E-state index < -0.39 is 0 Å². The van der Waals surface area contributed by atoms with Crippen LogP contribution in [0, 0.1) is 0 Å². The van der Waals surface area contributed by atoms with Gasteiger partial charge in [0.15, 0.2) is 0 Å². The van der Waals surface area contributed by atoms with Crippen molar-refractivity contribution >= 4 is 0 Å². The number of para-hydroxylation sites is 1. The van der Waals surface area contributed by atoms with Crippen molar-refractivity contribution in [1.82, 2.24) is 4.90 Å². The average molecular weight is 301 g/mol. The number of rotatable bonds is 5. The van der Waals surface area contributed by atoms with Crippen molar-refractivity contribution in [3.05, 3.63) is 58.1 Å². The van der Waals surface area contributed by atoms with Crippen LogP contribution in [-0.4, -0.2) is 31.7 Å². The van der Waals surface area contributed by atoms with E-state index in [1.165, 1.54) is 25.0 Å². The summed E-state index contributed by atoms with van der Waals surface area (Å²) < 4.78 is 16.2. The predicted octanol–water partition coefficient (Wildman–Crippen LogP) is 2.08. The molecule has 1 aromatic heterocycles. The monoisotopic (exact) mass is 301 g/mol. The van der Waals surface area contributed by atoms with Crippen LogP contribution in [0.15, 0.2) is 45.8 Å². The molecule has 0 N–H and O–H groups in total. The van der Waals surface area contributed by atoms with E-state index in [0.717, 1.165) is 18.7 Å². The molecular formula is C17H19NO4. The first-order chi connectivity index (χ1) is 10.7. The molecule has 2 heterocycles. The maximum Gasteiger partial charge on any atom is 0.227 e. The minimum absolute atomic E-state index is 0.132. The molecule has 1 aliphatic rings. The van der Waals surface area contributed by atoms with Gasteiger partial charge < -0.3 is 13.9 Å². The molecule has 0 saturated carbocycles. The van der Waals surface area contributed by atoms with E-state index in [1.54, 1.807) is 0 Å². The van der Waals surface area contributed by atoms with Gasteiger partial charge in [0.05, 0.1) is 13.7 Å². The Hall–Kier alpha value is -2.27. The average Bonchev–Trinajstić information content (AvgIpc) is 2.89. The summed E-state index contributed by atoms with van der Waals surface area (Å²) in [5, 5.41) is 0. The number of hydrogen-bond donors (Lipinski definition) is 0. The zero-order valence-electron chi connectivity index (χ0n) is 12.7. The first kappa shape index (κ1) is 14.7. The molecule has 2 aromatic rings. The number of hydrogen-bond acceptors (Lipinski definition) is 5. The lowest BCUT2D eigenvalue weighted by Crippen LogP contribution is -2.31. The molecule has 5 heteroatoms. The molecule has 0 unspecified atom stereocenters. The number of methoxy groups -OCH3 is 1. The fourth-order valence-corrected chi connectivity index (χ4v) is 2.70. The highest BCUT2D eigenvalue weighted by molar-refractivity contribution is 5.37. The highest BCUT2D eigenvalue weighted by Crippen LogP contribution is 2.28. The zero-order chi connectivity index (χ0) is 15.5. The molecule has 0 fully saturated rings. The molecular weight excluding hydrogens is 282 g/mol. The first-order valence-corrected chi connectivity index (χ1v) is 7.24. The van der Waals surface area contributed by atoms with Crippen LogP contribution in [0.1, 0.15) is 11.3 Å². The second kappa shape index (κ2) is 6.23. The summed E-state index contributed by atoms with van der Waals surface area (Å²) in [6.07, 6.45) is 2.40. The van der Waals surface area contributed by atoms with Gasteiger partial charge in [-0.05, 0) is 18.7 Å². The lowest BCUT2D eigenvalue weighted by molar-refractivity contribution is 0.159. The van der Waals surface area contributed by atoms with Crippen LogP contribution in [0.2, 0.25) is 0 Å². The molecule has 0 saturated heterocycles. The zero-order valence-corrected chi connectivity index (χ0v) is 12.7. The number of likely N-dealkylation sites (N-methyl/N-ethyl adjacent to an activating group) is 1. The number of fused-ring (bicyclic) bond motifs is 1. The Morgan fingerprint density at radius 2 is 2.18 bits per heavy atom. The van der Waals surface area contributed by atoms with Crippen molar-refractivity contribution in [1.29, 1.82) is 0 Å². The van der Waals surface area contributed by atoms with E-state index >= 15 is 0 Å². The van der Waals surface area contributed by atoms with Crippen LogP contribution in [-0.2, 0) is 13.0 Å². The third-order valence-corrected chi connectivity index (χ3v) is 3.73. The molecule has 0 bridgehead atoms. The van der Waals surface area contributed by atoms with E-state index in [1.807, 2.05) is 25.2 Å². The van der Waals surface area contributed by atoms with Crippen molar-refractivity contribution in [2.45, 2.75) is 19.1 Å². The maximum absolute atomic E-state index is 11.7. The fraction of sp³-hybridized carbons (Fsp3) is 0.353. The Labute approximate surface area is 129 Å². The van der Waals surface area contributed by atoms with E-state index in [-0.39, 0.29) is 17.3 Å². The Morgan fingerprint density at radius 1 is 1.36 bits per heavy atom. The van der Waals surface area contributed by atoms with Gasteiger partial charge in [-0.25, -0.2) is 0 Å². The van der Waals surface area contributed by atoms with Gasteiger partial charge in [-0.2, -0.15) is 0 Å². The van der Waals surface area contributed by atoms with Crippen LogP contribution < -0.4 is 14.9 Å². The van der Waals surface area contributed by atoms with E-state index in [9.17, 15) is 4.79 Å². The smallest absolute Gasteiger partial charge is 0.227 e. The van der Waals surface area contributed by atoms with Gasteiger partial charge in [0, 0.05) is 19.0 Å². The fourth-order valence-electron chi connectivity index (χ4n) is 2.70. The van der Waals surface area contributed by atoms with Crippen LogP contribution in [0.4, 0.5) is 0 Å². The maximum atomic E-state index is 11.7. The number of nitrogens with zero attached hydrogens (tertiary/aromatic N) is 1. The third-order valence-electron chi connectivity index (χ3n) is 3.73. The van der Waals surface area contributed by atoms with E-state index in [2.05, 4.69) is 11.0 Å². The third kappa shape index (κ3) is 3.14. The van der Waals surface area contributed by atoms with Gasteiger partial charge in [0.25, 0.3) is 0 Å². The molecule has 1 atom stereocenters. The Balaban J connectivity index is 1.58. The minimum Gasteiger partial charge on any atom is -0.490 e. The van der Waals surface area contributed by atoms with Crippen molar-refractivity contribution < 1.29 is 13.9 Å². The summed E-state index contributed by atoms with van der Waals surface area (Å²) in [5.41, 5.74) is 1.08. The lowest BCUT2D eigenvalue weighted by atomic mass is 10.1. The molecule has 5 nitrogen and oxygen atoms in total. The quantitative estimate of drug-likeness (QED) is 0.846. The van der Waals surface area contributed by atoms with Crippen LogP contribution >= 0.6 is 0 Å². The molecule has 0 spiro atoms. The predicted molar refractivity (Wildman–Crippen MR) is 82.4 cm³/mol. The van der Waals surface area contributed by atoms with Crippen LogP contribution in [0.3, 0.4) is 0 Å². The second-order valence-electron chi connectivity index (χ2n) is 5.53. The molecule has 1 aromatic carbocycles. The molecule has 1 aliphatic heterocycles. The van der Waals surface area contributed by atoms with Gasteiger partial charge in [-0.3, -0.25) is 9.69 Å².